The van der Waals surface area contributed by atoms with Crippen LogP contribution in [0.15, 0.2) is 0 Å². The summed E-state index contributed by atoms with van der Waals surface area (Å²) in [6, 6.07) is -0.540. The number of amides is 1. The van der Waals surface area contributed by atoms with Crippen LogP contribution in [-0.2, 0) is 14.3 Å². The Balaban J connectivity index is 3.34. The molecule has 1 amide bonds. The molecule has 0 aromatic heterocycles. The van der Waals surface area contributed by atoms with E-state index in [1.54, 1.807) is 0 Å². The van der Waals surface area contributed by atoms with Gasteiger partial charge in [-0.1, -0.05) is 373 Å². The maximum Gasteiger partial charge on any atom is 0.305 e. The zero-order valence-electron chi connectivity index (χ0n) is 52.0. The van der Waals surface area contributed by atoms with E-state index in [-0.39, 0.29) is 18.5 Å². The predicted molar refractivity (Wildman–Crippen MR) is 334 cm³/mol. The molecule has 0 aliphatic rings. The van der Waals surface area contributed by atoms with Gasteiger partial charge in [-0.15, -0.1) is 0 Å². The number of rotatable bonds is 67. The summed E-state index contributed by atoms with van der Waals surface area (Å²) in [7, 11) is 0. The second-order valence-electron chi connectivity index (χ2n) is 24.6. The first kappa shape index (κ1) is 74.9. The van der Waals surface area contributed by atoms with Gasteiger partial charge in [0.1, 0.15) is 0 Å². The molecule has 0 saturated carbocycles. The Morgan fingerprint density at radius 1 is 0.316 bits per heavy atom. The third kappa shape index (κ3) is 62.1. The predicted octanol–water partition coefficient (Wildman–Crippen LogP) is 22.6. The highest BCUT2D eigenvalue weighted by Gasteiger charge is 2.20. The Labute approximate surface area is 476 Å². The number of unbranched alkanes of at least 4 members (excludes halogenated alkanes) is 56. The van der Waals surface area contributed by atoms with Gasteiger partial charge in [0.15, 0.2) is 0 Å². The second kappa shape index (κ2) is 66.4. The van der Waals surface area contributed by atoms with Gasteiger partial charge in [-0.25, -0.2) is 0 Å². The average molecular weight is 1070 g/mol. The SMILES string of the molecule is CCCCCCCCCCCCCCCCCCCCCC(=O)OCCCCCCCCCCCCCCCCCCCCCCCCCC(=O)NC(CO)C(O)CCCCCCCCCCCCCCCCCCC. The molecule has 0 heterocycles. The molecule has 6 heteroatoms. The van der Waals surface area contributed by atoms with E-state index in [2.05, 4.69) is 19.2 Å². The summed E-state index contributed by atoms with van der Waals surface area (Å²) in [6.07, 6.45) is 80.0. The Bertz CT molecular complexity index is 1100. The Morgan fingerprint density at radius 2 is 0.539 bits per heavy atom. The zero-order valence-corrected chi connectivity index (χ0v) is 52.0. The van der Waals surface area contributed by atoms with Gasteiger partial charge in [0.25, 0.3) is 0 Å². The summed E-state index contributed by atoms with van der Waals surface area (Å²) >= 11 is 0. The van der Waals surface area contributed by atoms with Crippen LogP contribution in [0.5, 0.6) is 0 Å². The molecule has 3 N–H and O–H groups in total. The van der Waals surface area contributed by atoms with Crippen LogP contribution in [0.3, 0.4) is 0 Å². The molecule has 0 aromatic rings. The fraction of sp³-hybridized carbons (Fsp3) is 0.971. The summed E-state index contributed by atoms with van der Waals surface area (Å²) in [4.78, 5) is 24.6. The molecule has 0 aromatic carbocycles. The molecule has 0 spiro atoms. The monoisotopic (exact) mass is 1070 g/mol. The minimum absolute atomic E-state index is 0.0207. The lowest BCUT2D eigenvalue weighted by molar-refractivity contribution is -0.143. The van der Waals surface area contributed by atoms with E-state index in [1.807, 2.05) is 0 Å². The molecule has 0 fully saturated rings. The Hall–Kier alpha value is -1.14. The van der Waals surface area contributed by atoms with E-state index in [0.29, 0.717) is 25.9 Å². The van der Waals surface area contributed by atoms with Gasteiger partial charge >= 0.3 is 5.97 Å². The molecule has 0 radical (unpaired) electrons. The van der Waals surface area contributed by atoms with Crippen molar-refractivity contribution in [1.82, 2.24) is 5.32 Å². The van der Waals surface area contributed by atoms with Gasteiger partial charge in [-0.3, -0.25) is 9.59 Å². The van der Waals surface area contributed by atoms with E-state index in [0.717, 1.165) is 38.5 Å². The van der Waals surface area contributed by atoms with Crippen LogP contribution < -0.4 is 5.32 Å². The summed E-state index contributed by atoms with van der Waals surface area (Å²) in [5.41, 5.74) is 0. The van der Waals surface area contributed by atoms with Crippen molar-refractivity contribution in [2.75, 3.05) is 13.2 Å². The van der Waals surface area contributed by atoms with Crippen molar-refractivity contribution < 1.29 is 24.5 Å². The zero-order chi connectivity index (χ0) is 55.0. The molecular formula is C70H139NO5. The van der Waals surface area contributed by atoms with Crippen LogP contribution >= 0.6 is 0 Å². The topological polar surface area (TPSA) is 95.9 Å². The Kier molecular flexibility index (Phi) is 65.4. The number of aliphatic hydroxyl groups is 2. The highest BCUT2D eigenvalue weighted by molar-refractivity contribution is 5.76. The quantitative estimate of drug-likeness (QED) is 0.0417. The summed E-state index contributed by atoms with van der Waals surface area (Å²) in [5, 5.41) is 23.4. The molecule has 0 aliphatic carbocycles. The van der Waals surface area contributed by atoms with Gasteiger partial charge in [0, 0.05) is 12.8 Å². The molecule has 454 valence electrons. The molecule has 76 heavy (non-hydrogen) atoms. The average Bonchev–Trinajstić information content (AvgIpc) is 3.42. The molecule has 6 nitrogen and oxygen atoms in total. The summed E-state index contributed by atoms with van der Waals surface area (Å²) in [6.45, 7) is 5.00. The van der Waals surface area contributed by atoms with Crippen LogP contribution in [0.1, 0.15) is 412 Å². The van der Waals surface area contributed by atoms with Crippen molar-refractivity contribution in [2.45, 2.75) is 424 Å². The van der Waals surface area contributed by atoms with Crippen LogP contribution in [0.4, 0.5) is 0 Å². The molecule has 0 aliphatic heterocycles. The van der Waals surface area contributed by atoms with Crippen molar-refractivity contribution in [3.63, 3.8) is 0 Å². The standard InChI is InChI=1S/C70H139NO5/c1-3-5-7-9-11-13-15-17-19-21-27-32-36-40-44-48-52-56-60-64-70(75)76-65-61-57-53-49-45-41-37-33-29-26-24-22-23-25-28-31-35-39-43-47-51-55-59-63-69(74)71-67(66-72)68(73)62-58-54-50-46-42-38-34-30-20-18-16-14-12-10-8-6-4-2/h67-68,72-73H,3-66H2,1-2H3,(H,71,74). The number of esters is 1. The van der Waals surface area contributed by atoms with Gasteiger partial charge < -0.3 is 20.3 Å². The molecular weight excluding hydrogens is 935 g/mol. The van der Waals surface area contributed by atoms with Gasteiger partial charge in [0.2, 0.25) is 5.91 Å². The molecule has 0 rings (SSSR count). The minimum atomic E-state index is -0.663. The van der Waals surface area contributed by atoms with Crippen molar-refractivity contribution >= 4 is 11.9 Å². The van der Waals surface area contributed by atoms with Crippen molar-refractivity contribution in [2.24, 2.45) is 0 Å². The molecule has 2 atom stereocenters. The number of ether oxygens (including phenoxy) is 1. The second-order valence-corrected chi connectivity index (χ2v) is 24.6. The fourth-order valence-electron chi connectivity index (χ4n) is 11.5. The molecule has 0 bridgehead atoms. The number of carbonyl (C=O) groups is 2. The number of hydrogen-bond acceptors (Lipinski definition) is 5. The minimum Gasteiger partial charge on any atom is -0.466 e. The number of hydrogen-bond donors (Lipinski definition) is 3. The van der Waals surface area contributed by atoms with E-state index in [1.165, 1.54) is 340 Å². The third-order valence-corrected chi connectivity index (χ3v) is 16.9. The van der Waals surface area contributed by atoms with E-state index in [9.17, 15) is 19.8 Å². The maximum atomic E-state index is 12.5. The molecule has 0 saturated heterocycles. The number of nitrogens with one attached hydrogen (secondary N) is 1. The van der Waals surface area contributed by atoms with Crippen molar-refractivity contribution in [3.05, 3.63) is 0 Å². The lowest BCUT2D eigenvalue weighted by Gasteiger charge is -2.22. The fourth-order valence-corrected chi connectivity index (χ4v) is 11.5. The van der Waals surface area contributed by atoms with Crippen LogP contribution in [0.25, 0.3) is 0 Å². The van der Waals surface area contributed by atoms with Crippen molar-refractivity contribution in [3.8, 4) is 0 Å². The van der Waals surface area contributed by atoms with Crippen LogP contribution in [-0.4, -0.2) is 47.4 Å². The summed E-state index contributed by atoms with van der Waals surface area (Å²) < 4.78 is 5.51. The third-order valence-electron chi connectivity index (χ3n) is 16.9. The lowest BCUT2D eigenvalue weighted by Crippen LogP contribution is -2.45. The summed E-state index contributed by atoms with van der Waals surface area (Å²) in [5.74, 6) is -0.00922. The highest BCUT2D eigenvalue weighted by Crippen LogP contribution is 2.20. The normalized spacial score (nSPS) is 12.4. The van der Waals surface area contributed by atoms with Crippen LogP contribution in [0, 0.1) is 0 Å². The first-order valence-electron chi connectivity index (χ1n) is 35.3. The smallest absolute Gasteiger partial charge is 0.305 e. The van der Waals surface area contributed by atoms with Gasteiger partial charge in [0.05, 0.1) is 25.4 Å². The number of aliphatic hydroxyl groups excluding tert-OH is 2. The first-order valence-corrected chi connectivity index (χ1v) is 35.3. The van der Waals surface area contributed by atoms with E-state index >= 15 is 0 Å². The molecule has 2 unspecified atom stereocenters. The van der Waals surface area contributed by atoms with Gasteiger partial charge in [-0.05, 0) is 25.7 Å². The number of carbonyl (C=O) groups excluding carboxylic acids is 2. The van der Waals surface area contributed by atoms with E-state index < -0.39 is 12.1 Å². The largest absolute Gasteiger partial charge is 0.466 e. The first-order chi connectivity index (χ1) is 37.5. The highest BCUT2D eigenvalue weighted by atomic mass is 16.5. The van der Waals surface area contributed by atoms with E-state index in [4.69, 9.17) is 4.74 Å². The lowest BCUT2D eigenvalue weighted by atomic mass is 10.0. The van der Waals surface area contributed by atoms with Crippen molar-refractivity contribution in [1.29, 1.82) is 0 Å². The Morgan fingerprint density at radius 3 is 0.803 bits per heavy atom. The maximum absolute atomic E-state index is 12.5. The van der Waals surface area contributed by atoms with Crippen LogP contribution in [0.2, 0.25) is 0 Å². The van der Waals surface area contributed by atoms with Gasteiger partial charge in [-0.2, -0.15) is 0 Å².